The van der Waals surface area contributed by atoms with Crippen molar-refractivity contribution in [1.29, 1.82) is 0 Å². The number of carbonyl (C=O) groups excluding carboxylic acids is 2. The van der Waals surface area contributed by atoms with Gasteiger partial charge in [0, 0.05) is 12.8 Å². The minimum Gasteiger partial charge on any atom is -0.462 e. The normalized spacial score (nSPS) is 14.2. The molecule has 324 valence electrons. The van der Waals surface area contributed by atoms with Gasteiger partial charge in [0.2, 0.25) is 0 Å². The Morgan fingerprint density at radius 1 is 0.554 bits per heavy atom. The number of hydrogen-bond donors (Lipinski definition) is 1. The molecule has 0 amide bonds. The molecule has 0 aliphatic rings. The minimum atomic E-state index is -4.39. The molecule has 0 aromatic rings. The van der Waals surface area contributed by atoms with Crippen molar-refractivity contribution in [2.24, 2.45) is 0 Å². The van der Waals surface area contributed by atoms with E-state index in [1.54, 1.807) is 0 Å². The van der Waals surface area contributed by atoms with Crippen molar-refractivity contribution >= 4 is 19.8 Å². The van der Waals surface area contributed by atoms with E-state index >= 15 is 0 Å². The van der Waals surface area contributed by atoms with Crippen LogP contribution in [-0.4, -0.2) is 74.9 Å². The maximum atomic E-state index is 12.6. The van der Waals surface area contributed by atoms with Crippen molar-refractivity contribution < 1.29 is 42.1 Å². The van der Waals surface area contributed by atoms with Gasteiger partial charge >= 0.3 is 19.8 Å². The smallest absolute Gasteiger partial charge is 0.462 e. The van der Waals surface area contributed by atoms with Crippen LogP contribution in [0.2, 0.25) is 0 Å². The predicted octanol–water partition coefficient (Wildman–Crippen LogP) is 12.5. The number of hydrogen-bond acceptors (Lipinski definition) is 7. The van der Waals surface area contributed by atoms with Crippen LogP contribution in [0.25, 0.3) is 0 Å². The van der Waals surface area contributed by atoms with Crippen molar-refractivity contribution in [3.63, 3.8) is 0 Å². The maximum Gasteiger partial charge on any atom is 0.472 e. The van der Waals surface area contributed by atoms with E-state index in [1.165, 1.54) is 89.9 Å². The van der Waals surface area contributed by atoms with Crippen LogP contribution in [0, 0.1) is 0 Å². The third-order valence-corrected chi connectivity index (χ3v) is 10.0. The van der Waals surface area contributed by atoms with Gasteiger partial charge in [-0.1, -0.05) is 164 Å². The Morgan fingerprint density at radius 2 is 1.00 bits per heavy atom. The van der Waals surface area contributed by atoms with Crippen molar-refractivity contribution in [2.75, 3.05) is 47.5 Å². The van der Waals surface area contributed by atoms with Gasteiger partial charge in [-0.15, -0.1) is 0 Å². The van der Waals surface area contributed by atoms with Crippen LogP contribution < -0.4 is 0 Å². The highest BCUT2D eigenvalue weighted by atomic mass is 31.2. The van der Waals surface area contributed by atoms with Gasteiger partial charge < -0.3 is 18.9 Å². The number of allylic oxidation sites excluding steroid dienone is 10. The second kappa shape index (κ2) is 38.2. The molecule has 56 heavy (non-hydrogen) atoms. The van der Waals surface area contributed by atoms with E-state index in [2.05, 4.69) is 62.5 Å². The molecule has 0 aliphatic heterocycles. The molecule has 2 unspecified atom stereocenters. The average molecular weight is 809 g/mol. The summed E-state index contributed by atoms with van der Waals surface area (Å²) in [6.07, 6.45) is 45.7. The van der Waals surface area contributed by atoms with Gasteiger partial charge in [0.05, 0.1) is 27.7 Å². The lowest BCUT2D eigenvalue weighted by molar-refractivity contribution is -0.870. The molecule has 0 heterocycles. The van der Waals surface area contributed by atoms with Crippen LogP contribution in [0.3, 0.4) is 0 Å². The van der Waals surface area contributed by atoms with E-state index in [4.69, 9.17) is 18.5 Å². The van der Waals surface area contributed by atoms with Gasteiger partial charge in [-0.3, -0.25) is 18.6 Å². The highest BCUT2D eigenvalue weighted by Gasteiger charge is 2.27. The van der Waals surface area contributed by atoms with Crippen LogP contribution >= 0.6 is 7.82 Å². The molecule has 2 atom stereocenters. The number of unbranched alkanes of at least 4 members (excludes halogenated alkanes) is 15. The van der Waals surface area contributed by atoms with Crippen LogP contribution in [0.15, 0.2) is 60.8 Å². The molecule has 0 saturated heterocycles. The number of ether oxygens (including phenoxy) is 2. The monoisotopic (exact) mass is 809 g/mol. The lowest BCUT2D eigenvalue weighted by Crippen LogP contribution is -2.37. The summed E-state index contributed by atoms with van der Waals surface area (Å²) in [7, 11) is 1.43. The third kappa shape index (κ3) is 41.3. The summed E-state index contributed by atoms with van der Waals surface area (Å²) < 4.78 is 34.2. The lowest BCUT2D eigenvalue weighted by atomic mass is 10.0. The number of esters is 2. The minimum absolute atomic E-state index is 0.0171. The van der Waals surface area contributed by atoms with Gasteiger partial charge in [-0.2, -0.15) is 0 Å². The molecule has 10 heteroatoms. The molecule has 0 fully saturated rings. The van der Waals surface area contributed by atoms with Crippen LogP contribution in [-0.2, 0) is 32.7 Å². The van der Waals surface area contributed by atoms with Gasteiger partial charge in [0.1, 0.15) is 19.8 Å². The molecule has 0 radical (unpaired) electrons. The molecule has 0 spiro atoms. The topological polar surface area (TPSA) is 108 Å². The number of phosphoric acid groups is 1. The van der Waals surface area contributed by atoms with Gasteiger partial charge in [-0.25, -0.2) is 4.57 Å². The quantitative estimate of drug-likeness (QED) is 0.0215. The fourth-order valence-corrected chi connectivity index (χ4v) is 6.33. The number of phosphoric ester groups is 1. The molecule has 0 aromatic carbocycles. The summed E-state index contributed by atoms with van der Waals surface area (Å²) in [6, 6.07) is 0. The number of quaternary nitrogens is 1. The van der Waals surface area contributed by atoms with E-state index in [9.17, 15) is 19.0 Å². The average Bonchev–Trinajstić information content (AvgIpc) is 3.15. The Morgan fingerprint density at radius 3 is 1.50 bits per heavy atom. The first-order chi connectivity index (χ1) is 27.0. The van der Waals surface area contributed by atoms with Gasteiger partial charge in [0.25, 0.3) is 0 Å². The van der Waals surface area contributed by atoms with Crippen LogP contribution in [0.4, 0.5) is 0 Å². The fourth-order valence-electron chi connectivity index (χ4n) is 5.58. The Labute approximate surface area is 343 Å². The SMILES string of the molecule is CCCCC/C=C\C/C=C\C/C=C\C/C=C\C/C=C\CCC(=O)OC(COC(=O)CCCCCCCCCCCCCCC)COP(=O)(O)OCC[N+](C)(C)C. The molecule has 9 nitrogen and oxygen atoms in total. The zero-order valence-electron chi connectivity index (χ0n) is 36.3. The molecular formula is C46H83NO8P+. The summed E-state index contributed by atoms with van der Waals surface area (Å²) in [5.41, 5.74) is 0. The van der Waals surface area contributed by atoms with E-state index in [-0.39, 0.29) is 32.0 Å². The van der Waals surface area contributed by atoms with Gasteiger partial charge in [0.15, 0.2) is 6.10 Å². The van der Waals surface area contributed by atoms with Crippen LogP contribution in [0.5, 0.6) is 0 Å². The first-order valence-corrected chi connectivity index (χ1v) is 23.5. The molecule has 0 aliphatic carbocycles. The maximum absolute atomic E-state index is 12.6. The molecule has 1 N–H and O–H groups in total. The lowest BCUT2D eigenvalue weighted by Gasteiger charge is -2.24. The molecule has 0 bridgehead atoms. The highest BCUT2D eigenvalue weighted by molar-refractivity contribution is 7.47. The predicted molar refractivity (Wildman–Crippen MR) is 233 cm³/mol. The summed E-state index contributed by atoms with van der Waals surface area (Å²) in [5.74, 6) is -0.896. The van der Waals surface area contributed by atoms with E-state index in [1.807, 2.05) is 33.3 Å². The molecule has 0 aromatic heterocycles. The summed E-state index contributed by atoms with van der Waals surface area (Å²) >= 11 is 0. The zero-order valence-corrected chi connectivity index (χ0v) is 37.2. The fraction of sp³-hybridized carbons (Fsp3) is 0.739. The Hall–Kier alpha value is -2.29. The van der Waals surface area contributed by atoms with Crippen LogP contribution in [0.1, 0.15) is 168 Å². The first-order valence-electron chi connectivity index (χ1n) is 22.0. The zero-order chi connectivity index (χ0) is 41.4. The summed E-state index contributed by atoms with van der Waals surface area (Å²) in [4.78, 5) is 35.3. The van der Waals surface area contributed by atoms with E-state index < -0.39 is 26.5 Å². The first kappa shape index (κ1) is 53.7. The summed E-state index contributed by atoms with van der Waals surface area (Å²) in [5, 5.41) is 0. The van der Waals surface area contributed by atoms with E-state index in [0.29, 0.717) is 17.4 Å². The second-order valence-electron chi connectivity index (χ2n) is 15.7. The van der Waals surface area contributed by atoms with Gasteiger partial charge in [-0.05, 0) is 51.4 Å². The standard InChI is InChI=1S/C46H82NO8P/c1-6-8-10-12-14-16-18-20-21-22-23-24-25-27-29-31-33-35-37-39-46(49)55-44(43-54-56(50,51)53-41-40-47(3,4)5)42-52-45(48)38-36-34-32-30-28-26-19-17-15-13-11-9-7-2/h14,16,20-21,23-24,27,29,33,35,44H,6-13,15,17-19,22,25-26,28,30-32,34,36-43H2,1-5H3/p+1/b16-14-,21-20-,24-23-,29-27-,35-33-. The molecular weight excluding hydrogens is 725 g/mol. The number of nitrogens with zero attached hydrogens (tertiary/aromatic N) is 1. The second-order valence-corrected chi connectivity index (χ2v) is 17.2. The Balaban J connectivity index is 4.50. The molecule has 0 rings (SSSR count). The van der Waals surface area contributed by atoms with Crippen molar-refractivity contribution in [1.82, 2.24) is 0 Å². The summed E-state index contributed by atoms with van der Waals surface area (Å²) in [6.45, 7) is 4.30. The Bertz CT molecular complexity index is 1140. The van der Waals surface area contributed by atoms with Crippen molar-refractivity contribution in [3.8, 4) is 0 Å². The number of carbonyl (C=O) groups is 2. The third-order valence-electron chi connectivity index (χ3n) is 9.06. The van der Waals surface area contributed by atoms with Crippen molar-refractivity contribution in [3.05, 3.63) is 60.8 Å². The molecule has 0 saturated carbocycles. The Kier molecular flexibility index (Phi) is 36.7. The van der Waals surface area contributed by atoms with Crippen molar-refractivity contribution in [2.45, 2.75) is 174 Å². The number of likely N-dealkylation sites (N-methyl/N-ethyl adjacent to an activating group) is 1. The highest BCUT2D eigenvalue weighted by Crippen LogP contribution is 2.43. The number of rotatable bonds is 39. The van der Waals surface area contributed by atoms with E-state index in [0.717, 1.165) is 44.9 Å². The largest absolute Gasteiger partial charge is 0.472 e.